The van der Waals surface area contributed by atoms with Crippen LogP contribution in [0.2, 0.25) is 0 Å². The Hall–Kier alpha value is -2.70. The maximum atomic E-state index is 12.3. The molecule has 1 saturated heterocycles. The molecule has 1 heterocycles. The van der Waals surface area contributed by atoms with Crippen LogP contribution in [0.3, 0.4) is 0 Å². The van der Waals surface area contributed by atoms with Crippen LogP contribution in [0.25, 0.3) is 11.1 Å². The smallest absolute Gasteiger partial charge is 0.251 e. The van der Waals surface area contributed by atoms with Crippen molar-refractivity contribution in [2.75, 3.05) is 33.4 Å². The van der Waals surface area contributed by atoms with E-state index in [1.165, 1.54) is 12.7 Å². The highest BCUT2D eigenvalue weighted by atomic mass is 16.5. The second kappa shape index (κ2) is 8.54. The Kier molecular flexibility index (Phi) is 6.11. The van der Waals surface area contributed by atoms with Gasteiger partial charge in [-0.1, -0.05) is 54.1 Å². The monoisotopic (exact) mass is 382 g/mol. The van der Waals surface area contributed by atoms with Crippen LogP contribution in [0.4, 0.5) is 0 Å². The Morgan fingerprint density at radius 2 is 1.93 bits per heavy atom. The van der Waals surface area contributed by atoms with Crippen molar-refractivity contribution in [3.05, 3.63) is 59.7 Å². The summed E-state index contributed by atoms with van der Waals surface area (Å²) >= 11 is 0. The van der Waals surface area contributed by atoms with Crippen LogP contribution in [-0.2, 0) is 25.5 Å². The Morgan fingerprint density at radius 1 is 1.18 bits per heavy atom. The summed E-state index contributed by atoms with van der Waals surface area (Å²) in [5.41, 5.74) is 8.83. The first kappa shape index (κ1) is 20.0. The molecule has 0 unspecified atom stereocenters. The van der Waals surface area contributed by atoms with Gasteiger partial charge in [-0.3, -0.25) is 9.59 Å². The van der Waals surface area contributed by atoms with E-state index >= 15 is 0 Å². The lowest BCUT2D eigenvalue weighted by molar-refractivity contribution is -0.165. The fourth-order valence-electron chi connectivity index (χ4n) is 3.52. The number of amides is 2. The second-order valence-corrected chi connectivity index (χ2v) is 7.20. The van der Waals surface area contributed by atoms with Gasteiger partial charge in [0.1, 0.15) is 6.61 Å². The van der Waals surface area contributed by atoms with Crippen molar-refractivity contribution >= 4 is 11.8 Å². The van der Waals surface area contributed by atoms with E-state index < -0.39 is 11.5 Å². The maximum absolute atomic E-state index is 12.3. The lowest BCUT2D eigenvalue weighted by atomic mass is 9.90. The van der Waals surface area contributed by atoms with Crippen LogP contribution in [0, 0.1) is 6.92 Å². The Bertz CT molecular complexity index is 850. The zero-order chi connectivity index (χ0) is 20.1. The summed E-state index contributed by atoms with van der Waals surface area (Å²) in [7, 11) is 1.47. The number of ether oxygens (including phenoxy) is 2. The van der Waals surface area contributed by atoms with Crippen LogP contribution in [0.5, 0.6) is 0 Å². The predicted octanol–water partition coefficient (Wildman–Crippen LogP) is 1.93. The number of aryl methyl sites for hydroxylation is 1. The van der Waals surface area contributed by atoms with Crippen LogP contribution in [0.15, 0.2) is 48.5 Å². The zero-order valence-corrected chi connectivity index (χ0v) is 16.3. The number of nitrogens with two attached hydrogens (primary N) is 1. The average molecular weight is 382 g/mol. The highest BCUT2D eigenvalue weighted by molar-refractivity contribution is 5.86. The molecule has 28 heavy (non-hydrogen) atoms. The molecule has 2 aromatic carbocycles. The SMILES string of the molecule is COCC(=O)N1CCO[C@@](Cc2ccc(-c3cccc(C)c3)cc2)(C(N)=O)C1. The van der Waals surface area contributed by atoms with Crippen LogP contribution in [0.1, 0.15) is 11.1 Å². The summed E-state index contributed by atoms with van der Waals surface area (Å²) in [5, 5.41) is 0. The number of carbonyl (C=O) groups excluding carboxylic acids is 2. The third kappa shape index (κ3) is 4.40. The Morgan fingerprint density at radius 3 is 2.57 bits per heavy atom. The molecule has 1 aliphatic heterocycles. The average Bonchev–Trinajstić information content (AvgIpc) is 2.69. The molecule has 1 fully saturated rings. The first-order chi connectivity index (χ1) is 13.4. The fraction of sp³-hybridized carbons (Fsp3) is 0.364. The van der Waals surface area contributed by atoms with Gasteiger partial charge in [0, 0.05) is 20.1 Å². The van der Waals surface area contributed by atoms with E-state index in [9.17, 15) is 9.59 Å². The summed E-state index contributed by atoms with van der Waals surface area (Å²) in [6.07, 6.45) is 0.313. The number of benzene rings is 2. The van der Waals surface area contributed by atoms with Gasteiger partial charge in [0.15, 0.2) is 5.60 Å². The van der Waals surface area contributed by atoms with E-state index in [0.29, 0.717) is 13.0 Å². The minimum atomic E-state index is -1.23. The summed E-state index contributed by atoms with van der Waals surface area (Å²) in [6, 6.07) is 16.3. The van der Waals surface area contributed by atoms with Gasteiger partial charge in [-0.25, -0.2) is 0 Å². The van der Waals surface area contributed by atoms with E-state index in [2.05, 4.69) is 25.1 Å². The van der Waals surface area contributed by atoms with Crippen LogP contribution in [-0.4, -0.2) is 55.7 Å². The van der Waals surface area contributed by atoms with Crippen LogP contribution >= 0.6 is 0 Å². The Labute approximate surface area is 165 Å². The van der Waals surface area contributed by atoms with Crippen molar-refractivity contribution in [3.8, 4) is 11.1 Å². The van der Waals surface area contributed by atoms with Gasteiger partial charge in [0.05, 0.1) is 13.2 Å². The number of hydrogen-bond acceptors (Lipinski definition) is 4. The minimum absolute atomic E-state index is 0.0277. The first-order valence-electron chi connectivity index (χ1n) is 9.30. The van der Waals surface area contributed by atoms with Crippen molar-refractivity contribution in [2.24, 2.45) is 5.73 Å². The summed E-state index contributed by atoms with van der Waals surface area (Å²) in [5.74, 6) is -0.739. The molecule has 0 saturated carbocycles. The highest BCUT2D eigenvalue weighted by Crippen LogP contribution is 2.26. The van der Waals surface area contributed by atoms with Gasteiger partial charge in [-0.05, 0) is 23.6 Å². The standard InChI is InChI=1S/C22H26N2O4/c1-16-4-3-5-19(12-16)18-8-6-17(7-9-18)13-22(21(23)26)15-24(10-11-28-22)20(25)14-27-2/h3-9,12H,10-11,13-15H2,1-2H3,(H2,23,26)/t22-/m1/s1. The number of primary amides is 1. The molecule has 0 spiro atoms. The summed E-state index contributed by atoms with van der Waals surface area (Å²) < 4.78 is 10.7. The van der Waals surface area contributed by atoms with Crippen molar-refractivity contribution < 1.29 is 19.1 Å². The van der Waals surface area contributed by atoms with Gasteiger partial charge in [-0.2, -0.15) is 0 Å². The number of nitrogens with zero attached hydrogens (tertiary/aromatic N) is 1. The number of morpholine rings is 1. The molecular weight excluding hydrogens is 356 g/mol. The van der Waals surface area contributed by atoms with Gasteiger partial charge in [0.2, 0.25) is 5.91 Å². The van der Waals surface area contributed by atoms with E-state index in [1.807, 2.05) is 30.3 Å². The molecule has 2 amide bonds. The molecular formula is C22H26N2O4. The van der Waals surface area contributed by atoms with Gasteiger partial charge in [0.25, 0.3) is 5.91 Å². The molecule has 148 valence electrons. The van der Waals surface area contributed by atoms with Gasteiger partial charge < -0.3 is 20.1 Å². The third-order valence-corrected chi connectivity index (χ3v) is 5.05. The van der Waals surface area contributed by atoms with E-state index in [1.54, 1.807) is 4.90 Å². The van der Waals surface area contributed by atoms with E-state index in [-0.39, 0.29) is 25.7 Å². The van der Waals surface area contributed by atoms with Crippen LogP contribution < -0.4 is 5.73 Å². The van der Waals surface area contributed by atoms with E-state index in [4.69, 9.17) is 15.2 Å². The van der Waals surface area contributed by atoms with Gasteiger partial charge in [-0.15, -0.1) is 0 Å². The first-order valence-corrected chi connectivity index (χ1v) is 9.30. The summed E-state index contributed by atoms with van der Waals surface area (Å²) in [4.78, 5) is 26.0. The number of methoxy groups -OCH3 is 1. The number of hydrogen-bond donors (Lipinski definition) is 1. The topological polar surface area (TPSA) is 81.9 Å². The molecule has 0 aliphatic carbocycles. The predicted molar refractivity (Wildman–Crippen MR) is 107 cm³/mol. The zero-order valence-electron chi connectivity index (χ0n) is 16.3. The Balaban J connectivity index is 1.79. The molecule has 6 nitrogen and oxygen atoms in total. The largest absolute Gasteiger partial charge is 0.375 e. The second-order valence-electron chi connectivity index (χ2n) is 7.20. The summed E-state index contributed by atoms with van der Waals surface area (Å²) in [6.45, 7) is 2.85. The molecule has 0 aromatic heterocycles. The molecule has 6 heteroatoms. The maximum Gasteiger partial charge on any atom is 0.251 e. The van der Waals surface area contributed by atoms with Crippen molar-refractivity contribution in [1.29, 1.82) is 0 Å². The third-order valence-electron chi connectivity index (χ3n) is 5.05. The molecule has 2 aromatic rings. The minimum Gasteiger partial charge on any atom is -0.375 e. The molecule has 0 radical (unpaired) electrons. The molecule has 1 atom stereocenters. The quantitative estimate of drug-likeness (QED) is 0.828. The lowest BCUT2D eigenvalue weighted by Crippen LogP contribution is -2.61. The molecule has 3 rings (SSSR count). The molecule has 1 aliphatic rings. The van der Waals surface area contributed by atoms with Crippen molar-refractivity contribution in [1.82, 2.24) is 4.90 Å². The molecule has 2 N–H and O–H groups in total. The number of rotatable bonds is 6. The molecule has 0 bridgehead atoms. The normalized spacial score (nSPS) is 19.4. The highest BCUT2D eigenvalue weighted by Gasteiger charge is 2.43. The van der Waals surface area contributed by atoms with Crippen molar-refractivity contribution in [3.63, 3.8) is 0 Å². The number of carbonyl (C=O) groups is 2. The van der Waals surface area contributed by atoms with E-state index in [0.717, 1.165) is 16.7 Å². The lowest BCUT2D eigenvalue weighted by Gasteiger charge is -2.40. The fourth-order valence-corrected chi connectivity index (χ4v) is 3.52. The van der Waals surface area contributed by atoms with Gasteiger partial charge >= 0.3 is 0 Å². The van der Waals surface area contributed by atoms with Crippen molar-refractivity contribution in [2.45, 2.75) is 18.9 Å².